The van der Waals surface area contributed by atoms with Gasteiger partial charge in [-0.15, -0.1) is 0 Å². The van der Waals surface area contributed by atoms with Crippen LogP contribution in [0.3, 0.4) is 0 Å². The van der Waals surface area contributed by atoms with E-state index in [1.165, 1.54) is 0 Å². The molecule has 5 rings (SSSR count). The summed E-state index contributed by atoms with van der Waals surface area (Å²) in [5.41, 5.74) is -1.13. The van der Waals surface area contributed by atoms with Gasteiger partial charge in [-0.2, -0.15) is 0 Å². The largest absolute Gasteiger partial charge is 0.458 e. The highest BCUT2D eigenvalue weighted by Gasteiger charge is 2.68. The first-order chi connectivity index (χ1) is 19.0. The number of nitrogens with zero attached hydrogens (tertiary/aromatic N) is 1. The molecule has 3 N–H and O–H groups in total. The van der Waals surface area contributed by atoms with Crippen molar-refractivity contribution in [3.8, 4) is 0 Å². The van der Waals surface area contributed by atoms with Crippen LogP contribution in [0.15, 0.2) is 48.3 Å². The molecule has 214 valence electrons. The Morgan fingerprint density at radius 1 is 1.20 bits per heavy atom. The van der Waals surface area contributed by atoms with Crippen LogP contribution in [0, 0.1) is 28.6 Å². The highest BCUT2D eigenvalue weighted by molar-refractivity contribution is 6.01. The van der Waals surface area contributed by atoms with Crippen molar-refractivity contribution < 1.29 is 34.1 Å². The SMILES string of the molecule is C[C@]12C=CC(=O)C=C1CC[C@@H]1[C@@H]2[C@H](O)C[C@@]2(C)[C@H]1CC[C@]2(O)C(=O)COC(=O)CCC(=O)NCc1cccnc1. The normalized spacial score (nSPS) is 36.1. The zero-order valence-corrected chi connectivity index (χ0v) is 23.1. The van der Waals surface area contributed by atoms with E-state index in [1.807, 2.05) is 19.1 Å². The molecule has 0 saturated heterocycles. The number of fused-ring (bicyclic) bond motifs is 5. The Hall–Kier alpha value is -3.17. The van der Waals surface area contributed by atoms with Gasteiger partial charge in [0.1, 0.15) is 5.60 Å². The van der Waals surface area contributed by atoms with Crippen LogP contribution in [0.2, 0.25) is 0 Å². The van der Waals surface area contributed by atoms with E-state index in [4.69, 9.17) is 4.74 Å². The molecule has 0 aromatic carbocycles. The second-order valence-electron chi connectivity index (χ2n) is 12.3. The predicted octanol–water partition coefficient (Wildman–Crippen LogP) is 2.60. The molecule has 0 aliphatic heterocycles. The molecule has 3 saturated carbocycles. The number of aliphatic hydroxyl groups excluding tert-OH is 1. The Bertz CT molecular complexity index is 1260. The van der Waals surface area contributed by atoms with Crippen molar-refractivity contribution in [2.24, 2.45) is 28.6 Å². The number of carbonyl (C=O) groups excluding carboxylic acids is 4. The molecular formula is C31H38N2O7. The highest BCUT2D eigenvalue weighted by Crippen LogP contribution is 2.67. The quantitative estimate of drug-likeness (QED) is 0.419. The minimum atomic E-state index is -1.72. The van der Waals surface area contributed by atoms with Gasteiger partial charge < -0.3 is 20.3 Å². The lowest BCUT2D eigenvalue weighted by atomic mass is 9.46. The van der Waals surface area contributed by atoms with E-state index >= 15 is 0 Å². The number of aromatic nitrogens is 1. The summed E-state index contributed by atoms with van der Waals surface area (Å²) in [6.07, 6.45) is 10.1. The van der Waals surface area contributed by atoms with Gasteiger partial charge in [-0.1, -0.05) is 31.6 Å². The number of Topliss-reactive ketones (excluding diaryl/α,β-unsaturated/α-hetero) is 1. The van der Waals surface area contributed by atoms with Gasteiger partial charge in [0.2, 0.25) is 11.7 Å². The molecular weight excluding hydrogens is 512 g/mol. The van der Waals surface area contributed by atoms with Gasteiger partial charge in [-0.25, -0.2) is 0 Å². The van der Waals surface area contributed by atoms with Crippen LogP contribution >= 0.6 is 0 Å². The minimum absolute atomic E-state index is 0.0125. The Balaban J connectivity index is 1.18. The summed E-state index contributed by atoms with van der Waals surface area (Å²) in [7, 11) is 0. The summed E-state index contributed by atoms with van der Waals surface area (Å²) in [5, 5.41) is 25.9. The lowest BCUT2D eigenvalue weighted by Gasteiger charge is -2.59. The van der Waals surface area contributed by atoms with Gasteiger partial charge in [-0.3, -0.25) is 24.2 Å². The fourth-order valence-electron chi connectivity index (χ4n) is 8.13. The van der Waals surface area contributed by atoms with Crippen LogP contribution in [0.1, 0.15) is 64.4 Å². The Morgan fingerprint density at radius 2 is 2.00 bits per heavy atom. The van der Waals surface area contributed by atoms with Crippen LogP contribution in [0.4, 0.5) is 0 Å². The van der Waals surface area contributed by atoms with E-state index in [-0.39, 0.29) is 55.1 Å². The van der Waals surface area contributed by atoms with Gasteiger partial charge in [0.15, 0.2) is 12.4 Å². The highest BCUT2D eigenvalue weighted by atomic mass is 16.5. The van der Waals surface area contributed by atoms with Crippen LogP contribution in [-0.2, 0) is 30.5 Å². The maximum absolute atomic E-state index is 13.4. The molecule has 40 heavy (non-hydrogen) atoms. The summed E-state index contributed by atoms with van der Waals surface area (Å²) in [4.78, 5) is 53.8. The van der Waals surface area contributed by atoms with Gasteiger partial charge >= 0.3 is 5.97 Å². The maximum atomic E-state index is 13.4. The summed E-state index contributed by atoms with van der Waals surface area (Å²) >= 11 is 0. The lowest BCUT2D eigenvalue weighted by molar-refractivity contribution is -0.181. The van der Waals surface area contributed by atoms with Crippen molar-refractivity contribution in [1.29, 1.82) is 0 Å². The molecule has 0 unspecified atom stereocenters. The number of allylic oxidation sites excluding steroid dienone is 4. The van der Waals surface area contributed by atoms with E-state index < -0.39 is 40.9 Å². The predicted molar refractivity (Wildman–Crippen MR) is 144 cm³/mol. The summed E-state index contributed by atoms with van der Waals surface area (Å²) in [6, 6.07) is 3.60. The fourth-order valence-corrected chi connectivity index (χ4v) is 8.13. The van der Waals surface area contributed by atoms with Gasteiger partial charge in [0.25, 0.3) is 0 Å². The molecule has 4 aliphatic rings. The number of carbonyl (C=O) groups is 4. The van der Waals surface area contributed by atoms with E-state index in [9.17, 15) is 29.4 Å². The lowest BCUT2D eigenvalue weighted by Crippen LogP contribution is -2.61. The van der Waals surface area contributed by atoms with E-state index in [1.54, 1.807) is 30.6 Å². The van der Waals surface area contributed by atoms with Gasteiger partial charge in [-0.05, 0) is 67.7 Å². The summed E-state index contributed by atoms with van der Waals surface area (Å²) in [5.74, 6) is -1.60. The minimum Gasteiger partial charge on any atom is -0.458 e. The van der Waals surface area contributed by atoms with Crippen molar-refractivity contribution in [1.82, 2.24) is 10.3 Å². The number of ether oxygens (including phenoxy) is 1. The van der Waals surface area contributed by atoms with Crippen molar-refractivity contribution in [2.45, 2.75) is 77.0 Å². The van der Waals surface area contributed by atoms with E-state index in [2.05, 4.69) is 17.2 Å². The number of hydrogen-bond acceptors (Lipinski definition) is 8. The zero-order valence-electron chi connectivity index (χ0n) is 23.1. The first kappa shape index (κ1) is 28.4. The average molecular weight is 551 g/mol. The number of hydrogen-bond donors (Lipinski definition) is 3. The average Bonchev–Trinajstić information content (AvgIpc) is 3.20. The monoisotopic (exact) mass is 550 g/mol. The van der Waals surface area contributed by atoms with Crippen molar-refractivity contribution in [3.05, 3.63) is 53.9 Å². The molecule has 1 aromatic rings. The standard InChI is InChI=1S/C31H38N2O7/c1-29-11-9-21(34)14-20(29)5-6-22-23-10-12-31(39,30(23,2)15-24(35)28(22)29)25(36)18-40-27(38)8-7-26(37)33-17-19-4-3-13-32-16-19/h3-4,9,11,13-14,16,22-24,28,35,39H,5-8,10,12,15,17-18H2,1-2H3,(H,33,37)/t22-,23-,24+,28+,29-,30-,31-/m0/s1. The van der Waals surface area contributed by atoms with Crippen molar-refractivity contribution >= 4 is 23.4 Å². The van der Waals surface area contributed by atoms with Gasteiger partial charge in [0.05, 0.1) is 12.5 Å². The number of nitrogens with one attached hydrogen (secondary N) is 1. The van der Waals surface area contributed by atoms with Crippen molar-refractivity contribution in [2.75, 3.05) is 6.61 Å². The van der Waals surface area contributed by atoms with Gasteiger partial charge in [0, 0.05) is 42.1 Å². The van der Waals surface area contributed by atoms with E-state index in [0.29, 0.717) is 13.0 Å². The number of amides is 1. The zero-order chi connectivity index (χ0) is 28.7. The number of rotatable bonds is 8. The third kappa shape index (κ3) is 4.83. The molecule has 0 spiro atoms. The first-order valence-corrected chi connectivity index (χ1v) is 14.2. The second-order valence-corrected chi connectivity index (χ2v) is 12.3. The smallest absolute Gasteiger partial charge is 0.306 e. The summed E-state index contributed by atoms with van der Waals surface area (Å²) < 4.78 is 5.20. The number of esters is 1. The van der Waals surface area contributed by atoms with Crippen LogP contribution < -0.4 is 5.32 Å². The molecule has 9 heteroatoms. The first-order valence-electron chi connectivity index (χ1n) is 14.2. The number of pyridine rings is 1. The maximum Gasteiger partial charge on any atom is 0.306 e. The molecule has 1 heterocycles. The molecule has 7 atom stereocenters. The van der Waals surface area contributed by atoms with Crippen LogP contribution in [-0.4, -0.2) is 57.0 Å². The summed E-state index contributed by atoms with van der Waals surface area (Å²) in [6.45, 7) is 3.68. The third-order valence-electron chi connectivity index (χ3n) is 10.2. The molecule has 9 nitrogen and oxygen atoms in total. The van der Waals surface area contributed by atoms with Crippen LogP contribution in [0.25, 0.3) is 0 Å². The fraction of sp³-hybridized carbons (Fsp3) is 0.581. The van der Waals surface area contributed by atoms with Crippen LogP contribution in [0.5, 0.6) is 0 Å². The molecule has 0 bridgehead atoms. The molecule has 1 amide bonds. The Kier molecular flexibility index (Phi) is 7.56. The topological polar surface area (TPSA) is 143 Å². The molecule has 3 fully saturated rings. The molecule has 4 aliphatic carbocycles. The second kappa shape index (κ2) is 10.7. The van der Waals surface area contributed by atoms with E-state index in [0.717, 1.165) is 24.0 Å². The Morgan fingerprint density at radius 3 is 2.75 bits per heavy atom. The number of ketones is 2. The van der Waals surface area contributed by atoms with Crippen molar-refractivity contribution in [3.63, 3.8) is 0 Å². The molecule has 0 radical (unpaired) electrons. The Labute approximate surface area is 234 Å². The molecule has 1 aromatic heterocycles. The third-order valence-corrected chi connectivity index (χ3v) is 10.2. The number of aliphatic hydroxyl groups is 2.